The number of ether oxygens (including phenoxy) is 1. The number of hydrogen-bond donors (Lipinski definition) is 8. The lowest BCUT2D eigenvalue weighted by molar-refractivity contribution is 0.122. The maximum Gasteiger partial charge on any atom is 0.178 e. The molecule has 4 saturated heterocycles. The van der Waals surface area contributed by atoms with Crippen LogP contribution in [0.1, 0.15) is 25.0 Å². The summed E-state index contributed by atoms with van der Waals surface area (Å²) in [7, 11) is 6.46. The summed E-state index contributed by atoms with van der Waals surface area (Å²) in [6.07, 6.45) is 16.4. The van der Waals surface area contributed by atoms with Crippen molar-refractivity contribution < 1.29 is 4.74 Å². The van der Waals surface area contributed by atoms with Gasteiger partial charge in [-0.1, -0.05) is 0 Å². The highest BCUT2D eigenvalue weighted by molar-refractivity contribution is 6.00. The number of H-pyrrole nitrogens is 4. The molecule has 1 atom stereocenters. The van der Waals surface area contributed by atoms with Crippen LogP contribution in [0.5, 0.6) is 0 Å². The lowest BCUT2D eigenvalue weighted by Crippen LogP contribution is -2.44. The number of anilines is 12. The molecular formula is C80H82N26O. The van der Waals surface area contributed by atoms with Crippen molar-refractivity contribution in [3.63, 3.8) is 0 Å². The summed E-state index contributed by atoms with van der Waals surface area (Å²) >= 11 is 0. The molecule has 0 saturated carbocycles. The van der Waals surface area contributed by atoms with Crippen molar-refractivity contribution >= 4 is 157 Å². The molecule has 4 aliphatic heterocycles. The van der Waals surface area contributed by atoms with E-state index in [1.54, 1.807) is 24.8 Å². The average Bonchev–Trinajstić information content (AvgIpc) is 1.47. The van der Waals surface area contributed by atoms with E-state index in [0.717, 1.165) is 219 Å². The molecule has 8 N–H and O–H groups in total. The summed E-state index contributed by atoms with van der Waals surface area (Å²) in [6.45, 7) is 13.7. The van der Waals surface area contributed by atoms with E-state index in [1.165, 1.54) is 40.8 Å². The smallest absolute Gasteiger partial charge is 0.178 e. The Labute approximate surface area is 616 Å². The third kappa shape index (κ3) is 14.5. The average molecular weight is 1420 g/mol. The minimum absolute atomic E-state index is 0.582. The molecule has 16 heterocycles. The third-order valence-corrected chi connectivity index (χ3v) is 20.2. The molecule has 20 rings (SSSR count). The summed E-state index contributed by atoms with van der Waals surface area (Å²) in [5.74, 6) is 7.20. The highest BCUT2D eigenvalue weighted by atomic mass is 16.5. The van der Waals surface area contributed by atoms with Crippen molar-refractivity contribution in [1.82, 2.24) is 90.5 Å². The van der Waals surface area contributed by atoms with Crippen LogP contribution < -0.4 is 40.9 Å². The molecule has 12 aromatic heterocycles. The molecule has 1 unspecified atom stereocenters. The fourth-order valence-corrected chi connectivity index (χ4v) is 14.6. The van der Waals surface area contributed by atoms with Gasteiger partial charge in [-0.25, -0.2) is 19.9 Å². The number of aryl methyl sites for hydroxylation is 1. The van der Waals surface area contributed by atoms with Gasteiger partial charge in [0.25, 0.3) is 0 Å². The lowest BCUT2D eigenvalue weighted by atomic mass is 10.1. The van der Waals surface area contributed by atoms with Gasteiger partial charge in [-0.3, -0.25) is 40.3 Å². The van der Waals surface area contributed by atoms with Gasteiger partial charge in [-0.05, 0) is 214 Å². The molecule has 27 nitrogen and oxygen atoms in total. The minimum Gasteiger partial charge on any atom is -0.378 e. The molecule has 4 aromatic carbocycles. The van der Waals surface area contributed by atoms with Crippen molar-refractivity contribution in [2.24, 2.45) is 0 Å². The molecule has 0 aliphatic carbocycles. The maximum absolute atomic E-state index is 5.48. The highest BCUT2D eigenvalue weighted by Gasteiger charge is 2.27. The van der Waals surface area contributed by atoms with E-state index < -0.39 is 0 Å². The van der Waals surface area contributed by atoms with Crippen molar-refractivity contribution in [1.29, 1.82) is 0 Å². The minimum atomic E-state index is 0.582. The number of aromatic amines is 4. The van der Waals surface area contributed by atoms with Crippen LogP contribution in [0.25, 0.3) is 87.2 Å². The van der Waals surface area contributed by atoms with Crippen molar-refractivity contribution in [2.45, 2.75) is 32.2 Å². The van der Waals surface area contributed by atoms with Gasteiger partial charge >= 0.3 is 0 Å². The van der Waals surface area contributed by atoms with Crippen LogP contribution >= 0.6 is 0 Å². The van der Waals surface area contributed by atoms with Gasteiger partial charge in [0, 0.05) is 165 Å². The van der Waals surface area contributed by atoms with Crippen molar-refractivity contribution in [3.8, 4) is 0 Å². The zero-order chi connectivity index (χ0) is 72.2. The lowest BCUT2D eigenvalue weighted by Gasteiger charge is -2.33. The van der Waals surface area contributed by atoms with Crippen molar-refractivity contribution in [3.05, 3.63) is 195 Å². The maximum atomic E-state index is 5.48. The van der Waals surface area contributed by atoms with Crippen molar-refractivity contribution in [2.75, 3.05) is 141 Å². The number of benzene rings is 4. The van der Waals surface area contributed by atoms with E-state index in [4.69, 9.17) is 9.72 Å². The predicted octanol–water partition coefficient (Wildman–Crippen LogP) is 13.6. The number of fused-ring (bicyclic) bond motifs is 8. The van der Waals surface area contributed by atoms with Gasteiger partial charge in [-0.15, -0.1) is 0 Å². The summed E-state index contributed by atoms with van der Waals surface area (Å²) in [5, 5.41) is 52.3. The van der Waals surface area contributed by atoms with E-state index in [-0.39, 0.29) is 0 Å². The van der Waals surface area contributed by atoms with E-state index in [9.17, 15) is 0 Å². The summed E-state index contributed by atoms with van der Waals surface area (Å²) < 4.78 is 5.48. The van der Waals surface area contributed by atoms with E-state index in [1.807, 2.05) is 74.0 Å². The highest BCUT2D eigenvalue weighted by Crippen LogP contribution is 2.36. The van der Waals surface area contributed by atoms with Gasteiger partial charge in [-0.2, -0.15) is 20.4 Å². The molecule has 27 heteroatoms. The first kappa shape index (κ1) is 67.5. The number of piperazine rings is 1. The number of nitrogens with one attached hydrogen (secondary N) is 8. The largest absolute Gasteiger partial charge is 0.378 e. The molecular weight excluding hydrogens is 1340 g/mol. The molecule has 4 aliphatic rings. The number of morpholine rings is 1. The topological polar surface area (TPSA) is 295 Å². The summed E-state index contributed by atoms with van der Waals surface area (Å²) in [5.41, 5.74) is 12.0. The number of hydrogen-bond acceptors (Lipinski definition) is 23. The third-order valence-electron chi connectivity index (χ3n) is 20.2. The summed E-state index contributed by atoms with van der Waals surface area (Å²) in [6, 6.07) is 49.7. The Morgan fingerprint density at radius 2 is 0.757 bits per heavy atom. The zero-order valence-electron chi connectivity index (χ0n) is 60.0. The first-order valence-corrected chi connectivity index (χ1v) is 36.4. The number of nitrogens with zero attached hydrogens (tertiary/aromatic N) is 18. The Morgan fingerprint density at radius 3 is 1.16 bits per heavy atom. The molecule has 0 spiro atoms. The predicted molar refractivity (Wildman–Crippen MR) is 429 cm³/mol. The number of aromatic nitrogens is 16. The van der Waals surface area contributed by atoms with Gasteiger partial charge in [0.05, 0.1) is 35.3 Å². The Bertz CT molecular complexity index is 5810. The molecule has 4 fully saturated rings. The van der Waals surface area contributed by atoms with Gasteiger partial charge < -0.3 is 55.4 Å². The summed E-state index contributed by atoms with van der Waals surface area (Å²) in [4.78, 5) is 50.5. The van der Waals surface area contributed by atoms with Gasteiger partial charge in [0.2, 0.25) is 0 Å². The van der Waals surface area contributed by atoms with Crippen LogP contribution in [0.2, 0.25) is 0 Å². The standard InChI is InChI=1S/C21H23N7.C20H21N7.C20H20N6O.C19H18N6/c1-27(2)16-8-11-28(13-16)21-17-6-5-15(12-14(17)7-10-23-21)24-20-19-18(25-26-20)4-3-9-22-19;1-26-9-11-27(12-10-26)20-16-5-4-15(13-14(16)6-8-22-20)23-19-18-17(24-25-19)3-2-7-21-18;1-13-11-14-12-15(23-19-18-17(24-25-19)3-2-6-21-18)4-5-16(14)20(22-13)26-7-9-27-10-8-26;1-2-11-25(10-1)19-15-6-5-14(12-13(15)7-9-21-19)22-18-17-16(23-24-18)4-3-8-20-17/h3-7,9-10,12,16H,8,11,13H2,1-2H3,(H2,24,25,26);2-8,13H,9-12H2,1H3,(H2,23,24,25);2-6,11-12H,7-10H2,1H3,(H2,23,24,25);3-9,12H,1-2,10-11H2,(H2,22,23,24). The fourth-order valence-electron chi connectivity index (χ4n) is 14.6. The molecule has 107 heavy (non-hydrogen) atoms. The van der Waals surface area contributed by atoms with Crippen LogP contribution in [0.3, 0.4) is 0 Å². The van der Waals surface area contributed by atoms with Crippen LogP contribution in [-0.2, 0) is 4.74 Å². The fraction of sp³-hybridized carbons (Fsp3) is 0.250. The van der Waals surface area contributed by atoms with Crippen LogP contribution in [-0.4, -0.2) is 196 Å². The number of likely N-dealkylation sites (N-methyl/N-ethyl adjacent to an activating group) is 2. The van der Waals surface area contributed by atoms with Gasteiger partial charge in [0.15, 0.2) is 23.3 Å². The second-order valence-corrected chi connectivity index (χ2v) is 27.6. The van der Waals surface area contributed by atoms with Crippen LogP contribution in [0.4, 0.5) is 69.3 Å². The zero-order valence-corrected chi connectivity index (χ0v) is 60.0. The van der Waals surface area contributed by atoms with E-state index >= 15 is 0 Å². The molecule has 0 bridgehead atoms. The Morgan fingerprint density at radius 1 is 0.383 bits per heavy atom. The second kappa shape index (κ2) is 30.2. The van der Waals surface area contributed by atoms with E-state index in [0.29, 0.717) is 6.04 Å². The normalized spacial score (nSPS) is 15.5. The number of pyridine rings is 8. The number of rotatable bonds is 13. The molecule has 538 valence electrons. The van der Waals surface area contributed by atoms with Crippen LogP contribution in [0, 0.1) is 6.92 Å². The second-order valence-electron chi connectivity index (χ2n) is 27.6. The molecule has 0 amide bonds. The SMILES string of the molecule is CN(C)C1CCN(c2nccc3cc(Nc4n[nH]c5cccnc45)ccc23)C1.CN1CCN(c2nccc3cc(Nc4n[nH]c5cccnc45)ccc23)CC1.Cc1cc2cc(Nc3n[nH]c4cccnc34)ccc2c(N2CCOCC2)n1.c1cnc2c(Nc3ccc4c(N5CCCC5)nccc4c3)n[nH]c2c1. The monoisotopic (exact) mass is 1420 g/mol. The Hall–Kier alpha value is -12.7. The molecule has 16 aromatic rings. The first-order valence-electron chi connectivity index (χ1n) is 36.4. The van der Waals surface area contributed by atoms with E-state index in [2.05, 4.69) is 245 Å². The van der Waals surface area contributed by atoms with Crippen LogP contribution in [0.15, 0.2) is 189 Å². The Balaban J connectivity index is 0.000000105. The van der Waals surface area contributed by atoms with Gasteiger partial charge in [0.1, 0.15) is 45.3 Å². The Kier molecular flexibility index (Phi) is 19.0. The first-order chi connectivity index (χ1) is 52.6. The molecule has 0 radical (unpaired) electrons. The quantitative estimate of drug-likeness (QED) is 0.0532.